The van der Waals surface area contributed by atoms with Gasteiger partial charge in [0, 0.05) is 28.3 Å². The zero-order valence-electron chi connectivity index (χ0n) is 17.9. The second kappa shape index (κ2) is 9.38. The number of hydrogen-bond donors (Lipinski definition) is 0. The predicted octanol–water partition coefficient (Wildman–Crippen LogP) is 8.67. The molecule has 3 heteroatoms. The molecule has 0 amide bonds. The van der Waals surface area contributed by atoms with Gasteiger partial charge < -0.3 is 9.13 Å². The lowest BCUT2D eigenvalue weighted by Gasteiger charge is -2.09. The number of halogens is 1. The first-order chi connectivity index (χ1) is 14.3. The minimum atomic E-state index is 1.10. The molecule has 0 aliphatic rings. The van der Waals surface area contributed by atoms with Crippen LogP contribution in [0.4, 0.5) is 0 Å². The summed E-state index contributed by atoms with van der Waals surface area (Å²) in [4.78, 5) is 0. The Labute approximate surface area is 183 Å². The normalized spacial score (nSPS) is 12.0. The number of benzene rings is 2. The third-order valence-corrected chi connectivity index (χ3v) is 6.68. The van der Waals surface area contributed by atoms with Gasteiger partial charge in [0.25, 0.3) is 0 Å². The highest BCUT2D eigenvalue weighted by Gasteiger charge is 2.19. The second-order valence-electron chi connectivity index (χ2n) is 8.30. The lowest BCUT2D eigenvalue weighted by molar-refractivity contribution is 0.600. The first kappa shape index (κ1) is 20.5. The van der Waals surface area contributed by atoms with Gasteiger partial charge in [0.15, 0.2) is 0 Å². The maximum atomic E-state index is 3.71. The molecule has 0 bridgehead atoms. The lowest BCUT2D eigenvalue weighted by Crippen LogP contribution is -1.97. The zero-order chi connectivity index (χ0) is 20.2. The predicted molar refractivity (Wildman–Crippen MR) is 131 cm³/mol. The van der Waals surface area contributed by atoms with Crippen molar-refractivity contribution in [2.45, 2.75) is 78.3 Å². The van der Waals surface area contributed by atoms with Gasteiger partial charge in [0.1, 0.15) is 0 Å². The van der Waals surface area contributed by atoms with Crippen LogP contribution < -0.4 is 0 Å². The smallest absolute Gasteiger partial charge is 0.0754 e. The Morgan fingerprint density at radius 3 is 1.90 bits per heavy atom. The third kappa shape index (κ3) is 3.99. The highest BCUT2D eigenvalue weighted by molar-refractivity contribution is 9.10. The molecule has 0 radical (unpaired) electrons. The molecule has 4 aromatic rings. The number of nitrogens with zero attached hydrogens (tertiary/aromatic N) is 2. The number of aryl methyl sites for hydroxylation is 2. The SMILES string of the molecule is CCCCCCn1c2ccccc2c2c1c1ccc(Br)cc1n2CCCCCC. The molecule has 0 spiro atoms. The van der Waals surface area contributed by atoms with Crippen LogP contribution in [-0.2, 0) is 13.1 Å². The summed E-state index contributed by atoms with van der Waals surface area (Å²) >= 11 is 3.71. The molecule has 154 valence electrons. The summed E-state index contributed by atoms with van der Waals surface area (Å²) in [7, 11) is 0. The molecular formula is C26H33BrN2. The minimum absolute atomic E-state index is 1.10. The summed E-state index contributed by atoms with van der Waals surface area (Å²) in [5.41, 5.74) is 5.62. The van der Waals surface area contributed by atoms with Crippen LogP contribution in [0.25, 0.3) is 32.8 Å². The molecule has 29 heavy (non-hydrogen) atoms. The van der Waals surface area contributed by atoms with Crippen molar-refractivity contribution in [2.24, 2.45) is 0 Å². The average Bonchev–Trinajstić information content (AvgIpc) is 3.21. The van der Waals surface area contributed by atoms with E-state index in [4.69, 9.17) is 0 Å². The molecule has 2 aromatic carbocycles. The molecule has 0 aliphatic carbocycles. The Hall–Kier alpha value is -1.74. The molecule has 0 N–H and O–H groups in total. The van der Waals surface area contributed by atoms with Crippen LogP contribution in [-0.4, -0.2) is 9.13 Å². The standard InChI is InChI=1S/C26H33BrN2/c1-3-5-7-11-17-28-23-14-10-9-13-21(23)25-26(28)22-16-15-20(27)19-24(22)29(25)18-12-8-6-4-2/h9-10,13-16,19H,3-8,11-12,17-18H2,1-2H3. The summed E-state index contributed by atoms with van der Waals surface area (Å²) in [6.45, 7) is 6.77. The van der Waals surface area contributed by atoms with Crippen LogP contribution in [0.3, 0.4) is 0 Å². The molecular weight excluding hydrogens is 420 g/mol. The minimum Gasteiger partial charge on any atom is -0.339 e. The maximum Gasteiger partial charge on any atom is 0.0754 e. The summed E-state index contributed by atoms with van der Waals surface area (Å²) < 4.78 is 6.36. The van der Waals surface area contributed by atoms with E-state index < -0.39 is 0 Å². The topological polar surface area (TPSA) is 9.86 Å². The molecule has 2 heterocycles. The van der Waals surface area contributed by atoms with Gasteiger partial charge in [-0.2, -0.15) is 0 Å². The Morgan fingerprint density at radius 1 is 0.655 bits per heavy atom. The fourth-order valence-electron chi connectivity index (χ4n) is 4.74. The van der Waals surface area contributed by atoms with Gasteiger partial charge in [-0.3, -0.25) is 0 Å². The van der Waals surface area contributed by atoms with E-state index >= 15 is 0 Å². The average molecular weight is 453 g/mol. The van der Waals surface area contributed by atoms with E-state index in [-0.39, 0.29) is 0 Å². The van der Waals surface area contributed by atoms with Crippen molar-refractivity contribution in [3.05, 3.63) is 46.9 Å². The van der Waals surface area contributed by atoms with Crippen molar-refractivity contribution in [1.82, 2.24) is 9.13 Å². The van der Waals surface area contributed by atoms with Gasteiger partial charge in [-0.05, 0) is 37.1 Å². The van der Waals surface area contributed by atoms with Gasteiger partial charge in [-0.1, -0.05) is 86.5 Å². The van der Waals surface area contributed by atoms with Crippen LogP contribution in [0.5, 0.6) is 0 Å². The molecule has 0 fully saturated rings. The molecule has 2 nitrogen and oxygen atoms in total. The number of rotatable bonds is 10. The summed E-state index contributed by atoms with van der Waals surface area (Å²) in [6.07, 6.45) is 10.3. The van der Waals surface area contributed by atoms with Gasteiger partial charge in [0.2, 0.25) is 0 Å². The quantitative estimate of drug-likeness (QED) is 0.213. The first-order valence-electron chi connectivity index (χ1n) is 11.4. The van der Waals surface area contributed by atoms with Gasteiger partial charge in [-0.25, -0.2) is 0 Å². The van der Waals surface area contributed by atoms with Gasteiger partial charge in [0.05, 0.1) is 22.1 Å². The van der Waals surface area contributed by atoms with E-state index in [1.54, 1.807) is 0 Å². The van der Waals surface area contributed by atoms with Crippen molar-refractivity contribution < 1.29 is 0 Å². The van der Waals surface area contributed by atoms with Crippen molar-refractivity contribution in [1.29, 1.82) is 0 Å². The number of hydrogen-bond acceptors (Lipinski definition) is 0. The Kier molecular flexibility index (Phi) is 6.64. The zero-order valence-corrected chi connectivity index (χ0v) is 19.5. The van der Waals surface area contributed by atoms with Gasteiger partial charge in [-0.15, -0.1) is 0 Å². The summed E-state index contributed by atoms with van der Waals surface area (Å²) in [6, 6.07) is 15.8. The Bertz CT molecular complexity index is 1100. The molecule has 2 aromatic heterocycles. The van der Waals surface area contributed by atoms with Crippen LogP contribution in [0.15, 0.2) is 46.9 Å². The fourth-order valence-corrected chi connectivity index (χ4v) is 5.09. The lowest BCUT2D eigenvalue weighted by atomic mass is 10.2. The molecule has 0 atom stereocenters. The van der Waals surface area contributed by atoms with E-state index in [0.29, 0.717) is 0 Å². The maximum absolute atomic E-state index is 3.71. The molecule has 0 aliphatic heterocycles. The van der Waals surface area contributed by atoms with Crippen LogP contribution in [0.2, 0.25) is 0 Å². The fraction of sp³-hybridized carbons (Fsp3) is 0.462. The van der Waals surface area contributed by atoms with E-state index in [2.05, 4.69) is 81.4 Å². The van der Waals surface area contributed by atoms with E-state index in [1.165, 1.54) is 88.7 Å². The van der Waals surface area contributed by atoms with Gasteiger partial charge >= 0.3 is 0 Å². The highest BCUT2D eigenvalue weighted by atomic mass is 79.9. The van der Waals surface area contributed by atoms with Crippen LogP contribution >= 0.6 is 15.9 Å². The molecule has 4 rings (SSSR count). The Morgan fingerprint density at radius 2 is 1.24 bits per heavy atom. The number of para-hydroxylation sites is 1. The monoisotopic (exact) mass is 452 g/mol. The summed E-state index contributed by atoms with van der Waals surface area (Å²) in [5.74, 6) is 0. The molecule has 0 saturated carbocycles. The van der Waals surface area contributed by atoms with Crippen LogP contribution in [0, 0.1) is 0 Å². The molecule has 0 saturated heterocycles. The number of unbranched alkanes of at least 4 members (excludes halogenated alkanes) is 6. The second-order valence-corrected chi connectivity index (χ2v) is 9.22. The van der Waals surface area contributed by atoms with Crippen molar-refractivity contribution >= 4 is 48.8 Å². The van der Waals surface area contributed by atoms with Crippen molar-refractivity contribution in [3.63, 3.8) is 0 Å². The first-order valence-corrected chi connectivity index (χ1v) is 12.2. The number of fused-ring (bicyclic) bond motifs is 5. The number of aromatic nitrogens is 2. The highest BCUT2D eigenvalue weighted by Crippen LogP contribution is 2.38. The van der Waals surface area contributed by atoms with Crippen LogP contribution in [0.1, 0.15) is 65.2 Å². The van der Waals surface area contributed by atoms with E-state index in [1.807, 2.05) is 0 Å². The van der Waals surface area contributed by atoms with E-state index in [0.717, 1.165) is 13.1 Å². The molecule has 0 unspecified atom stereocenters. The van der Waals surface area contributed by atoms with E-state index in [9.17, 15) is 0 Å². The largest absolute Gasteiger partial charge is 0.339 e. The summed E-state index contributed by atoms with van der Waals surface area (Å²) in [5, 5.41) is 2.80. The third-order valence-electron chi connectivity index (χ3n) is 6.19. The van der Waals surface area contributed by atoms with Crippen molar-refractivity contribution in [2.75, 3.05) is 0 Å². The Balaban J connectivity index is 1.89. The van der Waals surface area contributed by atoms with Crippen molar-refractivity contribution in [3.8, 4) is 0 Å².